The maximum Gasteiger partial charge on any atom is 0.131 e. The summed E-state index contributed by atoms with van der Waals surface area (Å²) in [6.07, 6.45) is 1.67. The molecule has 0 bridgehead atoms. The summed E-state index contributed by atoms with van der Waals surface area (Å²) in [5, 5.41) is 1.58. The summed E-state index contributed by atoms with van der Waals surface area (Å²) < 4.78 is 13.4. The number of fused-ring (bicyclic) bond motifs is 1. The number of rotatable bonds is 1. The van der Waals surface area contributed by atoms with Crippen molar-refractivity contribution < 1.29 is 4.39 Å². The minimum Gasteiger partial charge on any atom is -0.260 e. The van der Waals surface area contributed by atoms with Gasteiger partial charge in [0, 0.05) is 17.0 Å². The van der Waals surface area contributed by atoms with Crippen LogP contribution >= 0.6 is 0 Å². The third-order valence-corrected chi connectivity index (χ3v) is 2.33. The lowest BCUT2D eigenvalue weighted by atomic mass is 10.0. The number of halogens is 1. The molecule has 2 aromatic rings. The molecule has 1 aromatic heterocycles. The van der Waals surface area contributed by atoms with Gasteiger partial charge in [-0.3, -0.25) is 4.98 Å². The lowest BCUT2D eigenvalue weighted by Crippen LogP contribution is -1.94. The molecule has 1 aromatic carbocycles. The Labute approximate surface area is 82.6 Å². The van der Waals surface area contributed by atoms with Crippen molar-refractivity contribution in [3.63, 3.8) is 0 Å². The summed E-state index contributed by atoms with van der Waals surface area (Å²) >= 11 is 0. The molecule has 0 saturated heterocycles. The molecule has 1 nitrogen and oxygen atoms in total. The standard InChI is InChI=1S/C12H12FN/c1-8(2)12-10-4-3-5-11(13)9(10)6-7-14-12/h3-8H,1-2H3. The summed E-state index contributed by atoms with van der Waals surface area (Å²) in [7, 11) is 0. The molecule has 0 aliphatic rings. The van der Waals surface area contributed by atoms with Crippen LogP contribution in [0.2, 0.25) is 0 Å². The van der Waals surface area contributed by atoms with Crippen LogP contribution in [0.25, 0.3) is 10.8 Å². The van der Waals surface area contributed by atoms with Gasteiger partial charge in [-0.05, 0) is 18.1 Å². The summed E-state index contributed by atoms with van der Waals surface area (Å²) in [6, 6.07) is 6.84. The molecular formula is C12H12FN. The first-order chi connectivity index (χ1) is 6.70. The average Bonchev–Trinajstić information content (AvgIpc) is 2.17. The van der Waals surface area contributed by atoms with E-state index in [2.05, 4.69) is 18.8 Å². The normalized spacial score (nSPS) is 11.1. The van der Waals surface area contributed by atoms with E-state index in [0.29, 0.717) is 11.3 Å². The van der Waals surface area contributed by atoms with Gasteiger partial charge >= 0.3 is 0 Å². The molecule has 0 spiro atoms. The Hall–Kier alpha value is -1.44. The fourth-order valence-corrected chi connectivity index (χ4v) is 1.65. The van der Waals surface area contributed by atoms with Gasteiger partial charge in [-0.2, -0.15) is 0 Å². The van der Waals surface area contributed by atoms with Crippen LogP contribution in [-0.2, 0) is 0 Å². The monoisotopic (exact) mass is 189 g/mol. The number of pyridine rings is 1. The molecule has 0 atom stereocenters. The van der Waals surface area contributed by atoms with E-state index in [1.807, 2.05) is 6.07 Å². The molecule has 1 heterocycles. The van der Waals surface area contributed by atoms with Crippen molar-refractivity contribution in [3.05, 3.63) is 42.0 Å². The lowest BCUT2D eigenvalue weighted by Gasteiger charge is -2.08. The maximum atomic E-state index is 13.4. The molecule has 72 valence electrons. The Kier molecular flexibility index (Phi) is 2.20. The van der Waals surface area contributed by atoms with Gasteiger partial charge in [-0.1, -0.05) is 26.0 Å². The second-order valence-electron chi connectivity index (χ2n) is 3.69. The van der Waals surface area contributed by atoms with Crippen molar-refractivity contribution in [1.82, 2.24) is 4.98 Å². The van der Waals surface area contributed by atoms with Gasteiger partial charge in [-0.15, -0.1) is 0 Å². The lowest BCUT2D eigenvalue weighted by molar-refractivity contribution is 0.639. The highest BCUT2D eigenvalue weighted by Gasteiger charge is 2.07. The van der Waals surface area contributed by atoms with Crippen molar-refractivity contribution in [1.29, 1.82) is 0 Å². The highest BCUT2D eigenvalue weighted by molar-refractivity contribution is 5.85. The van der Waals surface area contributed by atoms with Crippen LogP contribution < -0.4 is 0 Å². The predicted molar refractivity (Wildman–Crippen MR) is 55.8 cm³/mol. The first-order valence-electron chi connectivity index (χ1n) is 4.73. The maximum absolute atomic E-state index is 13.4. The Morgan fingerprint density at radius 1 is 1.14 bits per heavy atom. The molecule has 0 radical (unpaired) electrons. The number of nitrogens with zero attached hydrogens (tertiary/aromatic N) is 1. The van der Waals surface area contributed by atoms with E-state index in [9.17, 15) is 4.39 Å². The van der Waals surface area contributed by atoms with Crippen molar-refractivity contribution in [3.8, 4) is 0 Å². The molecule has 0 aliphatic carbocycles. The number of aromatic nitrogens is 1. The van der Waals surface area contributed by atoms with Gasteiger partial charge < -0.3 is 0 Å². The molecule has 2 rings (SSSR count). The number of benzene rings is 1. The van der Waals surface area contributed by atoms with Crippen molar-refractivity contribution in [2.45, 2.75) is 19.8 Å². The molecule has 0 amide bonds. The second kappa shape index (κ2) is 3.37. The van der Waals surface area contributed by atoms with Gasteiger partial charge in [0.2, 0.25) is 0 Å². The summed E-state index contributed by atoms with van der Waals surface area (Å²) in [4.78, 5) is 4.28. The molecule has 0 N–H and O–H groups in total. The highest BCUT2D eigenvalue weighted by Crippen LogP contribution is 2.24. The van der Waals surface area contributed by atoms with Crippen molar-refractivity contribution in [2.24, 2.45) is 0 Å². The van der Waals surface area contributed by atoms with Crippen LogP contribution in [0.4, 0.5) is 4.39 Å². The second-order valence-corrected chi connectivity index (χ2v) is 3.69. The van der Waals surface area contributed by atoms with Crippen LogP contribution in [0.1, 0.15) is 25.5 Å². The molecule has 2 heteroatoms. The van der Waals surface area contributed by atoms with Gasteiger partial charge in [0.1, 0.15) is 5.82 Å². The summed E-state index contributed by atoms with van der Waals surface area (Å²) in [6.45, 7) is 4.12. The smallest absolute Gasteiger partial charge is 0.131 e. The van der Waals surface area contributed by atoms with E-state index >= 15 is 0 Å². The molecule has 0 fully saturated rings. The minimum absolute atomic E-state index is 0.174. The van der Waals surface area contributed by atoms with Crippen LogP contribution in [0.3, 0.4) is 0 Å². The first kappa shape index (κ1) is 9.13. The quantitative estimate of drug-likeness (QED) is 0.669. The van der Waals surface area contributed by atoms with E-state index in [0.717, 1.165) is 11.1 Å². The van der Waals surface area contributed by atoms with Crippen LogP contribution in [0, 0.1) is 5.82 Å². The average molecular weight is 189 g/mol. The molecule has 14 heavy (non-hydrogen) atoms. The van der Waals surface area contributed by atoms with E-state index in [1.165, 1.54) is 6.07 Å². The number of hydrogen-bond acceptors (Lipinski definition) is 1. The highest BCUT2D eigenvalue weighted by atomic mass is 19.1. The zero-order valence-corrected chi connectivity index (χ0v) is 8.29. The summed E-state index contributed by atoms with van der Waals surface area (Å²) in [5.41, 5.74) is 0.960. The third-order valence-electron chi connectivity index (χ3n) is 2.33. The fourth-order valence-electron chi connectivity index (χ4n) is 1.65. The molecule has 0 saturated carbocycles. The van der Waals surface area contributed by atoms with Crippen LogP contribution in [0.15, 0.2) is 30.5 Å². The van der Waals surface area contributed by atoms with Gasteiger partial charge in [0.15, 0.2) is 0 Å². The topological polar surface area (TPSA) is 12.9 Å². The predicted octanol–water partition coefficient (Wildman–Crippen LogP) is 3.50. The Balaban J connectivity index is 2.81. The Morgan fingerprint density at radius 2 is 1.93 bits per heavy atom. The molecule has 0 unspecified atom stereocenters. The third kappa shape index (κ3) is 1.37. The van der Waals surface area contributed by atoms with Crippen LogP contribution in [0.5, 0.6) is 0 Å². The zero-order valence-electron chi connectivity index (χ0n) is 8.29. The number of hydrogen-bond donors (Lipinski definition) is 0. The molecular weight excluding hydrogens is 177 g/mol. The Bertz CT molecular complexity index is 463. The molecule has 0 aliphatic heterocycles. The Morgan fingerprint density at radius 3 is 2.64 bits per heavy atom. The van der Waals surface area contributed by atoms with E-state index in [1.54, 1.807) is 18.3 Å². The summed E-state index contributed by atoms with van der Waals surface area (Å²) in [5.74, 6) is 0.146. The fraction of sp³-hybridized carbons (Fsp3) is 0.250. The van der Waals surface area contributed by atoms with E-state index < -0.39 is 0 Å². The van der Waals surface area contributed by atoms with Crippen molar-refractivity contribution >= 4 is 10.8 Å². The van der Waals surface area contributed by atoms with E-state index in [4.69, 9.17) is 0 Å². The van der Waals surface area contributed by atoms with Gasteiger partial charge in [0.25, 0.3) is 0 Å². The largest absolute Gasteiger partial charge is 0.260 e. The van der Waals surface area contributed by atoms with Gasteiger partial charge in [0.05, 0.1) is 5.69 Å². The van der Waals surface area contributed by atoms with Crippen LogP contribution in [-0.4, -0.2) is 4.98 Å². The first-order valence-corrected chi connectivity index (χ1v) is 4.73. The van der Waals surface area contributed by atoms with Crippen molar-refractivity contribution in [2.75, 3.05) is 0 Å². The minimum atomic E-state index is -0.174. The van der Waals surface area contributed by atoms with Gasteiger partial charge in [-0.25, -0.2) is 4.39 Å². The zero-order chi connectivity index (χ0) is 10.1. The SMILES string of the molecule is CC(C)c1nccc2c(F)cccc12. The van der Waals surface area contributed by atoms with E-state index in [-0.39, 0.29) is 5.82 Å².